The van der Waals surface area contributed by atoms with Crippen molar-refractivity contribution in [2.24, 2.45) is 0 Å². The van der Waals surface area contributed by atoms with Gasteiger partial charge in [-0.25, -0.2) is 0 Å². The van der Waals surface area contributed by atoms with Gasteiger partial charge in [-0.1, -0.05) is 36.5 Å². The molecule has 0 atom stereocenters. The fraction of sp³-hybridized carbons (Fsp3) is 0.611. The van der Waals surface area contributed by atoms with Crippen LogP contribution in [-0.2, 0) is 4.79 Å². The number of rotatable bonds is 15. The van der Waals surface area contributed by atoms with E-state index in [4.69, 9.17) is 5.11 Å². The number of carboxylic acid groups (broad SMARTS) is 1. The summed E-state index contributed by atoms with van der Waals surface area (Å²) in [4.78, 5) is 20.2. The van der Waals surface area contributed by atoms with E-state index in [1.54, 1.807) is 0 Å². The van der Waals surface area contributed by atoms with Crippen molar-refractivity contribution in [3.8, 4) is 0 Å². The van der Waals surface area contributed by atoms with E-state index in [0.29, 0.717) is 6.42 Å². The molecule has 0 radical (unpaired) electrons. The van der Waals surface area contributed by atoms with Crippen molar-refractivity contribution in [2.75, 3.05) is 6.54 Å². The maximum absolute atomic E-state index is 10.3. The average molecular weight is 323 g/mol. The Bertz CT molecular complexity index is 400. The zero-order valence-electron chi connectivity index (χ0n) is 13.9. The minimum absolute atomic E-state index is 0.0829. The quantitative estimate of drug-likeness (QED) is 0.201. The molecular weight excluding hydrogens is 294 g/mol. The Labute approximate surface area is 138 Å². The van der Waals surface area contributed by atoms with E-state index >= 15 is 0 Å². The molecule has 0 heterocycles. The van der Waals surface area contributed by atoms with Crippen LogP contribution in [-0.4, -0.2) is 22.5 Å². The average Bonchev–Trinajstić information content (AvgIpc) is 2.49. The zero-order valence-corrected chi connectivity index (χ0v) is 13.9. The van der Waals surface area contributed by atoms with Gasteiger partial charge in [-0.05, 0) is 51.4 Å². The number of allylic oxidation sites excluding steroid dienone is 6. The van der Waals surface area contributed by atoms with E-state index in [2.05, 4.69) is 36.5 Å². The first-order valence-electron chi connectivity index (χ1n) is 8.41. The molecule has 0 aromatic heterocycles. The molecule has 0 aromatic rings. The van der Waals surface area contributed by atoms with E-state index < -0.39 is 5.97 Å². The summed E-state index contributed by atoms with van der Waals surface area (Å²) in [5, 5.41) is 18.6. The third kappa shape index (κ3) is 20.1. The summed E-state index contributed by atoms with van der Waals surface area (Å²) in [6, 6.07) is 0. The second-order valence-electron chi connectivity index (χ2n) is 5.43. The summed E-state index contributed by atoms with van der Waals surface area (Å²) in [7, 11) is 0. The first-order valence-corrected chi connectivity index (χ1v) is 8.41. The van der Waals surface area contributed by atoms with Gasteiger partial charge in [0.1, 0.15) is 0 Å². The lowest BCUT2D eigenvalue weighted by molar-refractivity contribution is -0.480. The maximum atomic E-state index is 10.3. The molecule has 0 aliphatic carbocycles. The number of hydrogen-bond acceptors (Lipinski definition) is 3. The van der Waals surface area contributed by atoms with Crippen LogP contribution in [0.2, 0.25) is 0 Å². The van der Waals surface area contributed by atoms with Gasteiger partial charge < -0.3 is 5.11 Å². The van der Waals surface area contributed by atoms with Crippen molar-refractivity contribution < 1.29 is 14.8 Å². The molecule has 130 valence electrons. The molecule has 0 amide bonds. The highest BCUT2D eigenvalue weighted by Crippen LogP contribution is 2.03. The van der Waals surface area contributed by atoms with Gasteiger partial charge in [0.15, 0.2) is 0 Å². The summed E-state index contributed by atoms with van der Waals surface area (Å²) in [5.74, 6) is -0.721. The van der Waals surface area contributed by atoms with Gasteiger partial charge in [0.2, 0.25) is 6.54 Å². The van der Waals surface area contributed by atoms with Crippen LogP contribution in [0.1, 0.15) is 64.2 Å². The Hall–Kier alpha value is -1.91. The largest absolute Gasteiger partial charge is 0.481 e. The van der Waals surface area contributed by atoms with Crippen LogP contribution in [0.4, 0.5) is 0 Å². The fourth-order valence-corrected chi connectivity index (χ4v) is 2.00. The number of carbonyl (C=O) groups is 1. The van der Waals surface area contributed by atoms with Crippen molar-refractivity contribution in [3.05, 3.63) is 46.6 Å². The lowest BCUT2D eigenvalue weighted by atomic mass is 10.1. The molecule has 0 bridgehead atoms. The summed E-state index contributed by atoms with van der Waals surface area (Å²) in [6.07, 6.45) is 21.0. The number of nitro groups is 1. The first-order chi connectivity index (χ1) is 11.1. The highest BCUT2D eigenvalue weighted by atomic mass is 16.6. The molecule has 5 nitrogen and oxygen atoms in total. The standard InChI is InChI=1S/C18H29NO4/c20-18(21)16-14-12-10-8-6-4-2-1-3-5-7-9-11-13-15-17-19(22)23/h1-2,5-8H,3-4,9-17H2,(H,20,21). The number of hydrogen-bond donors (Lipinski definition) is 1. The molecular formula is C18H29NO4. The molecule has 0 saturated heterocycles. The van der Waals surface area contributed by atoms with Crippen LogP contribution in [0.3, 0.4) is 0 Å². The minimum Gasteiger partial charge on any atom is -0.481 e. The minimum atomic E-state index is -0.721. The smallest absolute Gasteiger partial charge is 0.303 e. The van der Waals surface area contributed by atoms with Crippen LogP contribution in [0.25, 0.3) is 0 Å². The Balaban J connectivity index is 3.34. The molecule has 0 rings (SSSR count). The van der Waals surface area contributed by atoms with Gasteiger partial charge in [0.25, 0.3) is 0 Å². The monoisotopic (exact) mass is 323 g/mol. The number of carboxylic acids is 1. The van der Waals surface area contributed by atoms with Crippen molar-refractivity contribution in [1.82, 2.24) is 0 Å². The second-order valence-corrected chi connectivity index (χ2v) is 5.43. The third-order valence-electron chi connectivity index (χ3n) is 3.27. The number of nitrogens with zero attached hydrogens (tertiary/aromatic N) is 1. The highest BCUT2D eigenvalue weighted by Gasteiger charge is 1.95. The van der Waals surface area contributed by atoms with Crippen molar-refractivity contribution >= 4 is 5.97 Å². The Morgan fingerprint density at radius 2 is 1.35 bits per heavy atom. The predicted octanol–water partition coefficient (Wildman–Crippen LogP) is 4.92. The van der Waals surface area contributed by atoms with E-state index in [1.165, 1.54) is 0 Å². The van der Waals surface area contributed by atoms with Crippen molar-refractivity contribution in [2.45, 2.75) is 64.2 Å². The highest BCUT2D eigenvalue weighted by molar-refractivity contribution is 5.66. The van der Waals surface area contributed by atoms with E-state index in [9.17, 15) is 14.9 Å². The van der Waals surface area contributed by atoms with Gasteiger partial charge in [0, 0.05) is 17.8 Å². The molecule has 0 unspecified atom stereocenters. The van der Waals surface area contributed by atoms with Crippen LogP contribution in [0, 0.1) is 10.1 Å². The van der Waals surface area contributed by atoms with Crippen LogP contribution < -0.4 is 0 Å². The van der Waals surface area contributed by atoms with Crippen molar-refractivity contribution in [1.29, 1.82) is 0 Å². The molecule has 0 aromatic carbocycles. The summed E-state index contributed by atoms with van der Waals surface area (Å²) >= 11 is 0. The Morgan fingerprint density at radius 1 is 0.826 bits per heavy atom. The van der Waals surface area contributed by atoms with E-state index in [0.717, 1.165) is 51.4 Å². The Morgan fingerprint density at radius 3 is 1.87 bits per heavy atom. The SMILES string of the molecule is O=C(O)CCCCC=CCC=CCC=CCCCCC[N+](=O)[O-]. The molecule has 1 N–H and O–H groups in total. The van der Waals surface area contributed by atoms with Gasteiger partial charge >= 0.3 is 5.97 Å². The normalized spacial score (nSPS) is 11.8. The third-order valence-corrected chi connectivity index (χ3v) is 3.27. The molecule has 0 aliphatic heterocycles. The molecule has 0 saturated carbocycles. The number of unbranched alkanes of at least 4 members (excludes halogenated alkanes) is 5. The van der Waals surface area contributed by atoms with Gasteiger partial charge in [-0.2, -0.15) is 0 Å². The van der Waals surface area contributed by atoms with Gasteiger partial charge in [-0.3, -0.25) is 14.9 Å². The number of aliphatic carboxylic acids is 1. The van der Waals surface area contributed by atoms with Crippen LogP contribution >= 0.6 is 0 Å². The molecule has 0 fully saturated rings. The molecule has 0 spiro atoms. The van der Waals surface area contributed by atoms with Gasteiger partial charge in [-0.15, -0.1) is 0 Å². The Kier molecular flexibility index (Phi) is 15.1. The molecule has 5 heteroatoms. The summed E-state index contributed by atoms with van der Waals surface area (Å²) < 4.78 is 0. The first kappa shape index (κ1) is 21.1. The second kappa shape index (κ2) is 16.5. The van der Waals surface area contributed by atoms with Crippen LogP contribution in [0.5, 0.6) is 0 Å². The van der Waals surface area contributed by atoms with Crippen molar-refractivity contribution in [3.63, 3.8) is 0 Å². The van der Waals surface area contributed by atoms with Crippen LogP contribution in [0.15, 0.2) is 36.5 Å². The topological polar surface area (TPSA) is 80.4 Å². The summed E-state index contributed by atoms with van der Waals surface area (Å²) in [5.41, 5.74) is 0. The fourth-order valence-electron chi connectivity index (χ4n) is 2.00. The lowest BCUT2D eigenvalue weighted by Crippen LogP contribution is -1.99. The maximum Gasteiger partial charge on any atom is 0.303 e. The predicted molar refractivity (Wildman–Crippen MR) is 93.1 cm³/mol. The van der Waals surface area contributed by atoms with E-state index in [1.807, 2.05) is 0 Å². The summed E-state index contributed by atoms with van der Waals surface area (Å²) in [6.45, 7) is 0.0829. The molecule has 0 aliphatic rings. The van der Waals surface area contributed by atoms with Gasteiger partial charge in [0.05, 0.1) is 0 Å². The van der Waals surface area contributed by atoms with E-state index in [-0.39, 0.29) is 17.9 Å². The zero-order chi connectivity index (χ0) is 17.2. The molecule has 23 heavy (non-hydrogen) atoms. The lowest BCUT2D eigenvalue weighted by Gasteiger charge is -1.93.